The maximum atomic E-state index is 11.8. The number of carbonyl (C=O) groups excluding carboxylic acids is 1. The van der Waals surface area contributed by atoms with E-state index in [0.29, 0.717) is 24.5 Å². The summed E-state index contributed by atoms with van der Waals surface area (Å²) < 4.78 is 15.6. The van der Waals surface area contributed by atoms with Crippen LogP contribution in [0.25, 0.3) is 0 Å². The number of benzene rings is 1. The summed E-state index contributed by atoms with van der Waals surface area (Å²) in [6.07, 6.45) is 1.50. The van der Waals surface area contributed by atoms with Gasteiger partial charge in [-0.1, -0.05) is 0 Å². The Morgan fingerprint density at radius 3 is 2.50 bits per heavy atom. The quantitative estimate of drug-likeness (QED) is 0.822. The fraction of sp³-hybridized carbons (Fsp3) is 0.267. The van der Waals surface area contributed by atoms with E-state index in [9.17, 15) is 4.79 Å². The van der Waals surface area contributed by atoms with E-state index in [0.717, 1.165) is 11.5 Å². The molecule has 0 unspecified atom stereocenters. The predicted octanol–water partition coefficient (Wildman–Crippen LogP) is 2.41. The van der Waals surface area contributed by atoms with Crippen molar-refractivity contribution in [2.45, 2.75) is 6.92 Å². The minimum absolute atomic E-state index is 0.158. The number of rotatable bonds is 6. The maximum Gasteiger partial charge on any atom is 0.254 e. The van der Waals surface area contributed by atoms with Gasteiger partial charge in [-0.2, -0.15) is 0 Å². The third kappa shape index (κ3) is 3.54. The van der Waals surface area contributed by atoms with Crippen LogP contribution in [0.5, 0.6) is 11.5 Å². The fourth-order valence-electron chi connectivity index (χ4n) is 1.72. The molecule has 5 heteroatoms. The Kier molecular flexibility index (Phi) is 4.65. The third-order valence-corrected chi connectivity index (χ3v) is 2.82. The van der Waals surface area contributed by atoms with Gasteiger partial charge < -0.3 is 19.2 Å². The second-order valence-corrected chi connectivity index (χ2v) is 4.17. The van der Waals surface area contributed by atoms with E-state index >= 15 is 0 Å². The Hall–Kier alpha value is -2.43. The van der Waals surface area contributed by atoms with E-state index in [4.69, 9.17) is 13.9 Å². The lowest BCUT2D eigenvalue weighted by Crippen LogP contribution is -2.28. The van der Waals surface area contributed by atoms with Crippen LogP contribution in [0.1, 0.15) is 16.1 Å². The average Bonchev–Trinajstić information content (AvgIpc) is 2.90. The molecule has 0 radical (unpaired) electrons. The first kappa shape index (κ1) is 14.0. The molecule has 1 aromatic heterocycles. The Labute approximate surface area is 117 Å². The molecule has 2 rings (SSSR count). The molecule has 0 spiro atoms. The standard InChI is InChI=1S/C15H17NO4/c1-11-14(7-9-19-11)15(17)16-8-10-20-13-5-3-12(18-2)4-6-13/h3-7,9H,8,10H2,1-2H3,(H,16,17). The van der Waals surface area contributed by atoms with Gasteiger partial charge in [0, 0.05) is 0 Å². The number of carbonyl (C=O) groups is 1. The van der Waals surface area contributed by atoms with Crippen LogP contribution in [0.3, 0.4) is 0 Å². The molecule has 0 aliphatic heterocycles. The largest absolute Gasteiger partial charge is 0.497 e. The summed E-state index contributed by atoms with van der Waals surface area (Å²) in [5.74, 6) is 1.97. The highest BCUT2D eigenvalue weighted by atomic mass is 16.5. The SMILES string of the molecule is COc1ccc(OCCNC(=O)c2ccoc2C)cc1. The average molecular weight is 275 g/mol. The molecule has 106 valence electrons. The van der Waals surface area contributed by atoms with Crippen LogP contribution in [0.15, 0.2) is 41.0 Å². The number of hydrogen-bond acceptors (Lipinski definition) is 4. The molecule has 0 fully saturated rings. The molecule has 1 N–H and O–H groups in total. The van der Waals surface area contributed by atoms with Crippen LogP contribution in [0, 0.1) is 6.92 Å². The summed E-state index contributed by atoms with van der Waals surface area (Å²) >= 11 is 0. The molecule has 2 aromatic rings. The van der Waals surface area contributed by atoms with Gasteiger partial charge in [-0.05, 0) is 37.3 Å². The van der Waals surface area contributed by atoms with Crippen LogP contribution in [0.2, 0.25) is 0 Å². The number of furan rings is 1. The number of hydrogen-bond donors (Lipinski definition) is 1. The van der Waals surface area contributed by atoms with Gasteiger partial charge in [-0.25, -0.2) is 0 Å². The number of methoxy groups -OCH3 is 1. The number of nitrogens with one attached hydrogen (secondary N) is 1. The lowest BCUT2D eigenvalue weighted by Gasteiger charge is -2.08. The number of aryl methyl sites for hydroxylation is 1. The summed E-state index contributed by atoms with van der Waals surface area (Å²) in [5, 5.41) is 2.77. The van der Waals surface area contributed by atoms with Crippen molar-refractivity contribution in [1.29, 1.82) is 0 Å². The molecule has 0 atom stereocenters. The minimum Gasteiger partial charge on any atom is -0.497 e. The van der Waals surface area contributed by atoms with E-state index in [1.54, 1.807) is 20.1 Å². The van der Waals surface area contributed by atoms with Crippen molar-refractivity contribution in [3.05, 3.63) is 47.9 Å². The third-order valence-electron chi connectivity index (χ3n) is 2.82. The molecule has 0 bridgehead atoms. The van der Waals surface area contributed by atoms with Gasteiger partial charge >= 0.3 is 0 Å². The van der Waals surface area contributed by atoms with Gasteiger partial charge in [-0.3, -0.25) is 4.79 Å². The van der Waals surface area contributed by atoms with Crippen molar-refractivity contribution in [1.82, 2.24) is 5.32 Å². The van der Waals surface area contributed by atoms with Crippen LogP contribution in [0.4, 0.5) is 0 Å². The molecule has 0 aliphatic rings. The normalized spacial score (nSPS) is 10.1. The second kappa shape index (κ2) is 6.65. The van der Waals surface area contributed by atoms with Crippen LogP contribution >= 0.6 is 0 Å². The molecule has 1 amide bonds. The zero-order valence-corrected chi connectivity index (χ0v) is 11.5. The second-order valence-electron chi connectivity index (χ2n) is 4.17. The molecular weight excluding hydrogens is 258 g/mol. The zero-order chi connectivity index (χ0) is 14.4. The first-order chi connectivity index (χ1) is 9.70. The van der Waals surface area contributed by atoms with Crippen molar-refractivity contribution in [2.24, 2.45) is 0 Å². The van der Waals surface area contributed by atoms with E-state index in [2.05, 4.69) is 5.32 Å². The zero-order valence-electron chi connectivity index (χ0n) is 11.5. The smallest absolute Gasteiger partial charge is 0.254 e. The molecule has 0 saturated carbocycles. The van der Waals surface area contributed by atoms with Gasteiger partial charge in [0.2, 0.25) is 0 Å². The van der Waals surface area contributed by atoms with Crippen LogP contribution in [-0.4, -0.2) is 26.2 Å². The Morgan fingerprint density at radius 2 is 1.90 bits per heavy atom. The van der Waals surface area contributed by atoms with E-state index < -0.39 is 0 Å². The Balaban J connectivity index is 1.73. The summed E-state index contributed by atoms with van der Waals surface area (Å²) in [7, 11) is 1.61. The Bertz CT molecular complexity index is 560. The summed E-state index contributed by atoms with van der Waals surface area (Å²) in [5.41, 5.74) is 0.550. The van der Waals surface area contributed by atoms with Gasteiger partial charge in [0.05, 0.1) is 25.5 Å². The molecule has 1 aromatic carbocycles. The van der Waals surface area contributed by atoms with Crippen molar-refractivity contribution in [2.75, 3.05) is 20.3 Å². The van der Waals surface area contributed by atoms with Crippen LogP contribution in [-0.2, 0) is 0 Å². The van der Waals surface area contributed by atoms with Gasteiger partial charge in [0.1, 0.15) is 23.9 Å². The van der Waals surface area contributed by atoms with Crippen molar-refractivity contribution in [3.63, 3.8) is 0 Å². The maximum absolute atomic E-state index is 11.8. The first-order valence-corrected chi connectivity index (χ1v) is 6.30. The number of amides is 1. The predicted molar refractivity (Wildman–Crippen MR) is 74.3 cm³/mol. The number of ether oxygens (including phenoxy) is 2. The summed E-state index contributed by atoms with van der Waals surface area (Å²) in [4.78, 5) is 11.8. The van der Waals surface area contributed by atoms with Gasteiger partial charge in [-0.15, -0.1) is 0 Å². The van der Waals surface area contributed by atoms with Crippen molar-refractivity contribution < 1.29 is 18.7 Å². The monoisotopic (exact) mass is 275 g/mol. The molecule has 5 nitrogen and oxygen atoms in total. The first-order valence-electron chi connectivity index (χ1n) is 6.30. The summed E-state index contributed by atoms with van der Waals surface area (Å²) in [6, 6.07) is 8.93. The molecule has 0 saturated heterocycles. The topological polar surface area (TPSA) is 60.7 Å². The van der Waals surface area contributed by atoms with Gasteiger partial charge in [0.25, 0.3) is 5.91 Å². The molecule has 0 aliphatic carbocycles. The Morgan fingerprint density at radius 1 is 1.20 bits per heavy atom. The van der Waals surface area contributed by atoms with Crippen molar-refractivity contribution >= 4 is 5.91 Å². The van der Waals surface area contributed by atoms with Gasteiger partial charge in [0.15, 0.2) is 0 Å². The van der Waals surface area contributed by atoms with Crippen LogP contribution < -0.4 is 14.8 Å². The highest BCUT2D eigenvalue weighted by Crippen LogP contribution is 2.16. The lowest BCUT2D eigenvalue weighted by molar-refractivity contribution is 0.0945. The van der Waals surface area contributed by atoms with Crippen molar-refractivity contribution in [3.8, 4) is 11.5 Å². The van der Waals surface area contributed by atoms with E-state index in [-0.39, 0.29) is 5.91 Å². The lowest BCUT2D eigenvalue weighted by atomic mass is 10.2. The highest BCUT2D eigenvalue weighted by molar-refractivity contribution is 5.94. The van der Waals surface area contributed by atoms with E-state index in [1.165, 1.54) is 6.26 Å². The minimum atomic E-state index is -0.158. The molecule has 20 heavy (non-hydrogen) atoms. The van der Waals surface area contributed by atoms with E-state index in [1.807, 2.05) is 24.3 Å². The molecule has 1 heterocycles. The summed E-state index contributed by atoms with van der Waals surface area (Å²) in [6.45, 7) is 2.58. The fourth-order valence-corrected chi connectivity index (χ4v) is 1.72. The molecular formula is C15H17NO4. The highest BCUT2D eigenvalue weighted by Gasteiger charge is 2.10.